The van der Waals surface area contributed by atoms with Crippen LogP contribution in [-0.4, -0.2) is 17.8 Å². The van der Waals surface area contributed by atoms with Gasteiger partial charge >= 0.3 is 0 Å². The molecule has 0 bridgehead atoms. The summed E-state index contributed by atoms with van der Waals surface area (Å²) in [6.07, 6.45) is 3.25. The standard InChI is InChI=1S/C10H19NO/c1-8(2)10(12)5-4-9(3)6-7-11/h6,10,12H,1,4-5,7,11H2,2-3H3/b9-6+. The van der Waals surface area contributed by atoms with Gasteiger partial charge in [0.05, 0.1) is 6.10 Å². The SMILES string of the molecule is C=C(C)C(O)CC/C(C)=C/CN. The monoisotopic (exact) mass is 169 g/mol. The Kier molecular flexibility index (Phi) is 5.68. The summed E-state index contributed by atoms with van der Waals surface area (Å²) in [6, 6.07) is 0. The molecule has 12 heavy (non-hydrogen) atoms. The van der Waals surface area contributed by atoms with Gasteiger partial charge in [0.15, 0.2) is 0 Å². The van der Waals surface area contributed by atoms with Crippen LogP contribution in [0.15, 0.2) is 23.8 Å². The lowest BCUT2D eigenvalue weighted by molar-refractivity contribution is 0.201. The van der Waals surface area contributed by atoms with Crippen LogP contribution in [0.5, 0.6) is 0 Å². The van der Waals surface area contributed by atoms with E-state index < -0.39 is 0 Å². The molecule has 1 atom stereocenters. The highest BCUT2D eigenvalue weighted by Gasteiger charge is 2.03. The minimum Gasteiger partial charge on any atom is -0.389 e. The fourth-order valence-electron chi connectivity index (χ4n) is 0.914. The Labute approximate surface area is 74.8 Å². The molecule has 0 saturated carbocycles. The lowest BCUT2D eigenvalue weighted by atomic mass is 10.0. The summed E-state index contributed by atoms with van der Waals surface area (Å²) in [5.74, 6) is 0. The quantitative estimate of drug-likeness (QED) is 0.614. The number of allylic oxidation sites excluding steroid dienone is 1. The fourth-order valence-corrected chi connectivity index (χ4v) is 0.914. The Bertz CT molecular complexity index is 173. The minimum absolute atomic E-state index is 0.369. The van der Waals surface area contributed by atoms with E-state index >= 15 is 0 Å². The molecule has 0 aromatic heterocycles. The Morgan fingerprint density at radius 1 is 1.58 bits per heavy atom. The molecule has 0 aliphatic heterocycles. The zero-order chi connectivity index (χ0) is 9.56. The van der Waals surface area contributed by atoms with Crippen molar-refractivity contribution in [1.29, 1.82) is 0 Å². The van der Waals surface area contributed by atoms with E-state index in [1.54, 1.807) is 0 Å². The van der Waals surface area contributed by atoms with Crippen LogP contribution in [-0.2, 0) is 0 Å². The zero-order valence-electron chi connectivity index (χ0n) is 8.01. The summed E-state index contributed by atoms with van der Waals surface area (Å²) in [5.41, 5.74) is 7.40. The number of aliphatic hydroxyl groups is 1. The second-order valence-corrected chi connectivity index (χ2v) is 3.19. The van der Waals surface area contributed by atoms with Crippen LogP contribution in [0.25, 0.3) is 0 Å². The summed E-state index contributed by atoms with van der Waals surface area (Å²) in [5, 5.41) is 9.39. The Balaban J connectivity index is 3.68. The van der Waals surface area contributed by atoms with E-state index in [-0.39, 0.29) is 6.10 Å². The second kappa shape index (κ2) is 5.98. The lowest BCUT2D eigenvalue weighted by Gasteiger charge is -2.09. The summed E-state index contributed by atoms with van der Waals surface area (Å²) in [7, 11) is 0. The zero-order valence-corrected chi connectivity index (χ0v) is 8.01. The third-order valence-corrected chi connectivity index (χ3v) is 1.85. The average molecular weight is 169 g/mol. The van der Waals surface area contributed by atoms with Gasteiger partial charge in [-0.1, -0.05) is 23.8 Å². The highest BCUT2D eigenvalue weighted by molar-refractivity contribution is 5.02. The first-order valence-electron chi connectivity index (χ1n) is 4.27. The Morgan fingerprint density at radius 2 is 2.17 bits per heavy atom. The lowest BCUT2D eigenvalue weighted by Crippen LogP contribution is -2.07. The van der Waals surface area contributed by atoms with Crippen LogP contribution in [0, 0.1) is 0 Å². The van der Waals surface area contributed by atoms with Crippen molar-refractivity contribution >= 4 is 0 Å². The van der Waals surface area contributed by atoms with Crippen LogP contribution >= 0.6 is 0 Å². The van der Waals surface area contributed by atoms with Crippen molar-refractivity contribution < 1.29 is 5.11 Å². The molecule has 2 heteroatoms. The van der Waals surface area contributed by atoms with E-state index in [1.807, 2.05) is 19.9 Å². The van der Waals surface area contributed by atoms with Crippen LogP contribution in [0.2, 0.25) is 0 Å². The topological polar surface area (TPSA) is 46.2 Å². The predicted molar refractivity (Wildman–Crippen MR) is 52.9 cm³/mol. The van der Waals surface area contributed by atoms with Crippen molar-refractivity contribution in [3.63, 3.8) is 0 Å². The minimum atomic E-state index is -0.369. The first kappa shape index (κ1) is 11.4. The van der Waals surface area contributed by atoms with Crippen molar-refractivity contribution in [2.24, 2.45) is 5.73 Å². The summed E-state index contributed by atoms with van der Waals surface area (Å²) < 4.78 is 0. The third-order valence-electron chi connectivity index (χ3n) is 1.85. The van der Waals surface area contributed by atoms with Gasteiger partial charge in [-0.3, -0.25) is 0 Å². The maximum atomic E-state index is 9.39. The molecule has 0 rings (SSSR count). The molecule has 70 valence electrons. The van der Waals surface area contributed by atoms with Gasteiger partial charge in [0, 0.05) is 6.54 Å². The molecular weight excluding hydrogens is 150 g/mol. The molecule has 0 amide bonds. The molecule has 0 aromatic rings. The molecule has 0 aromatic carbocycles. The average Bonchev–Trinajstić information content (AvgIpc) is 2.00. The summed E-state index contributed by atoms with van der Waals surface area (Å²) >= 11 is 0. The molecule has 0 aliphatic carbocycles. The number of hydrogen-bond donors (Lipinski definition) is 2. The number of rotatable bonds is 5. The van der Waals surface area contributed by atoms with Gasteiger partial charge in [0.1, 0.15) is 0 Å². The second-order valence-electron chi connectivity index (χ2n) is 3.19. The fraction of sp³-hybridized carbons (Fsp3) is 0.600. The van der Waals surface area contributed by atoms with Crippen LogP contribution in [0.3, 0.4) is 0 Å². The molecule has 2 nitrogen and oxygen atoms in total. The molecule has 0 saturated heterocycles. The third kappa shape index (κ3) is 5.10. The van der Waals surface area contributed by atoms with Crippen molar-refractivity contribution in [3.8, 4) is 0 Å². The van der Waals surface area contributed by atoms with E-state index in [1.165, 1.54) is 5.57 Å². The molecule has 0 heterocycles. The van der Waals surface area contributed by atoms with Gasteiger partial charge in [-0.05, 0) is 26.7 Å². The van der Waals surface area contributed by atoms with Crippen molar-refractivity contribution in [2.75, 3.05) is 6.54 Å². The number of nitrogens with two attached hydrogens (primary N) is 1. The van der Waals surface area contributed by atoms with Gasteiger partial charge in [-0.2, -0.15) is 0 Å². The molecule has 0 radical (unpaired) electrons. The smallest absolute Gasteiger partial charge is 0.0747 e. The van der Waals surface area contributed by atoms with E-state index in [4.69, 9.17) is 5.73 Å². The van der Waals surface area contributed by atoms with E-state index in [2.05, 4.69) is 6.58 Å². The summed E-state index contributed by atoms with van der Waals surface area (Å²) in [4.78, 5) is 0. The van der Waals surface area contributed by atoms with E-state index in [9.17, 15) is 5.11 Å². The maximum Gasteiger partial charge on any atom is 0.0747 e. The van der Waals surface area contributed by atoms with Gasteiger partial charge < -0.3 is 10.8 Å². The van der Waals surface area contributed by atoms with Gasteiger partial charge in [0.2, 0.25) is 0 Å². The highest BCUT2D eigenvalue weighted by Crippen LogP contribution is 2.10. The predicted octanol–water partition coefficient (Wildman–Crippen LogP) is 1.61. The molecule has 0 aliphatic rings. The normalized spacial score (nSPS) is 14.5. The number of aliphatic hydroxyl groups excluding tert-OH is 1. The van der Waals surface area contributed by atoms with Crippen molar-refractivity contribution in [3.05, 3.63) is 23.8 Å². The van der Waals surface area contributed by atoms with Crippen LogP contribution < -0.4 is 5.73 Å². The first-order chi connectivity index (χ1) is 5.57. The van der Waals surface area contributed by atoms with Gasteiger partial charge in [-0.15, -0.1) is 0 Å². The maximum absolute atomic E-state index is 9.39. The van der Waals surface area contributed by atoms with Gasteiger partial charge in [0.25, 0.3) is 0 Å². The molecule has 0 spiro atoms. The Morgan fingerprint density at radius 3 is 2.58 bits per heavy atom. The molecule has 1 unspecified atom stereocenters. The first-order valence-corrected chi connectivity index (χ1v) is 4.27. The number of hydrogen-bond acceptors (Lipinski definition) is 2. The van der Waals surface area contributed by atoms with E-state index in [0.29, 0.717) is 6.54 Å². The molecule has 0 fully saturated rings. The molecular formula is C10H19NO. The highest BCUT2D eigenvalue weighted by atomic mass is 16.3. The van der Waals surface area contributed by atoms with Crippen LogP contribution in [0.4, 0.5) is 0 Å². The van der Waals surface area contributed by atoms with Crippen molar-refractivity contribution in [1.82, 2.24) is 0 Å². The summed E-state index contributed by atoms with van der Waals surface area (Å²) in [6.45, 7) is 8.13. The largest absolute Gasteiger partial charge is 0.389 e. The van der Waals surface area contributed by atoms with Crippen molar-refractivity contribution in [2.45, 2.75) is 32.8 Å². The Hall–Kier alpha value is -0.600. The van der Waals surface area contributed by atoms with Crippen LogP contribution in [0.1, 0.15) is 26.7 Å². The van der Waals surface area contributed by atoms with E-state index in [0.717, 1.165) is 18.4 Å². The molecule has 3 N–H and O–H groups in total. The van der Waals surface area contributed by atoms with Gasteiger partial charge in [-0.25, -0.2) is 0 Å².